The van der Waals surface area contributed by atoms with Gasteiger partial charge in [0.25, 0.3) is 10.0 Å². The number of nitrogens with zero attached hydrogens (tertiary/aromatic N) is 1. The fourth-order valence-electron chi connectivity index (χ4n) is 3.76. The van der Waals surface area contributed by atoms with Crippen LogP contribution in [0.4, 0.5) is 5.69 Å². The van der Waals surface area contributed by atoms with Gasteiger partial charge in [-0.05, 0) is 67.1 Å². The van der Waals surface area contributed by atoms with Gasteiger partial charge in [-0.25, -0.2) is 8.42 Å². The molecule has 0 aromatic heterocycles. The third kappa shape index (κ3) is 7.09. The Morgan fingerprint density at radius 1 is 0.943 bits per heavy atom. The van der Waals surface area contributed by atoms with Crippen LogP contribution in [0.3, 0.4) is 0 Å². The lowest BCUT2D eigenvalue weighted by molar-refractivity contribution is -0.119. The fourth-order valence-corrected chi connectivity index (χ4v) is 5.20. The zero-order chi connectivity index (χ0) is 25.3. The number of carbonyl (C=O) groups excluding carboxylic acids is 1. The molecule has 186 valence electrons. The number of hydrogen-bond donors (Lipinski definition) is 1. The second-order valence-electron chi connectivity index (χ2n) is 8.57. The van der Waals surface area contributed by atoms with Gasteiger partial charge < -0.3 is 10.1 Å². The Morgan fingerprint density at radius 2 is 1.60 bits per heavy atom. The maximum absolute atomic E-state index is 13.4. The summed E-state index contributed by atoms with van der Waals surface area (Å²) in [5.74, 6) is 0.821. The molecule has 0 saturated carbocycles. The van der Waals surface area contributed by atoms with E-state index in [0.717, 1.165) is 23.3 Å². The number of aryl methyl sites for hydroxylation is 1. The molecule has 0 aliphatic rings. The second kappa shape index (κ2) is 12.4. The maximum Gasteiger partial charge on any atom is 0.264 e. The van der Waals surface area contributed by atoms with Gasteiger partial charge in [0, 0.05) is 6.54 Å². The van der Waals surface area contributed by atoms with Crippen LogP contribution in [0, 0.1) is 0 Å². The highest BCUT2D eigenvalue weighted by atomic mass is 32.2. The zero-order valence-corrected chi connectivity index (χ0v) is 21.4. The van der Waals surface area contributed by atoms with Crippen molar-refractivity contribution < 1.29 is 17.9 Å². The molecule has 0 aliphatic carbocycles. The molecule has 1 N–H and O–H groups in total. The van der Waals surface area contributed by atoms with Gasteiger partial charge in [-0.3, -0.25) is 9.10 Å². The highest BCUT2D eigenvalue weighted by molar-refractivity contribution is 7.92. The summed E-state index contributed by atoms with van der Waals surface area (Å²) in [7, 11) is -3.91. The van der Waals surface area contributed by atoms with E-state index in [4.69, 9.17) is 4.74 Å². The van der Waals surface area contributed by atoms with Crippen molar-refractivity contribution in [2.24, 2.45) is 0 Å². The molecule has 0 heterocycles. The predicted octanol–water partition coefficient (Wildman–Crippen LogP) is 5.15. The number of carbonyl (C=O) groups is 1. The van der Waals surface area contributed by atoms with Crippen molar-refractivity contribution in [2.45, 2.75) is 44.4 Å². The first-order valence-electron chi connectivity index (χ1n) is 12.0. The van der Waals surface area contributed by atoms with Crippen LogP contribution >= 0.6 is 0 Å². The monoisotopic (exact) mass is 494 g/mol. The molecular weight excluding hydrogens is 460 g/mol. The van der Waals surface area contributed by atoms with Crippen molar-refractivity contribution >= 4 is 21.6 Å². The van der Waals surface area contributed by atoms with Gasteiger partial charge in [0.1, 0.15) is 12.3 Å². The summed E-state index contributed by atoms with van der Waals surface area (Å²) in [5.41, 5.74) is 2.64. The first kappa shape index (κ1) is 26.3. The van der Waals surface area contributed by atoms with E-state index in [9.17, 15) is 13.2 Å². The third-order valence-corrected chi connectivity index (χ3v) is 7.47. The molecular formula is C28H34N2O4S. The van der Waals surface area contributed by atoms with Crippen LogP contribution in [0.2, 0.25) is 0 Å². The van der Waals surface area contributed by atoms with Crippen LogP contribution in [-0.4, -0.2) is 34.0 Å². The van der Waals surface area contributed by atoms with Crippen molar-refractivity contribution in [1.29, 1.82) is 0 Å². The number of rotatable bonds is 12. The smallest absolute Gasteiger partial charge is 0.264 e. The van der Waals surface area contributed by atoms with Crippen LogP contribution < -0.4 is 14.4 Å². The molecule has 0 saturated heterocycles. The first-order valence-corrected chi connectivity index (χ1v) is 13.4. The number of nitrogens with one attached hydrogen (secondary N) is 1. The Bertz CT molecular complexity index is 1190. The molecule has 7 heteroatoms. The van der Waals surface area contributed by atoms with E-state index in [2.05, 4.69) is 19.2 Å². The quantitative estimate of drug-likeness (QED) is 0.353. The minimum absolute atomic E-state index is 0.147. The minimum Gasteiger partial charge on any atom is -0.494 e. The molecule has 6 nitrogen and oxygen atoms in total. The van der Waals surface area contributed by atoms with Crippen LogP contribution in [-0.2, 0) is 21.2 Å². The lowest BCUT2D eigenvalue weighted by atomic mass is 10.0. The number of amides is 1. The first-order chi connectivity index (χ1) is 16.8. The number of anilines is 1. The van der Waals surface area contributed by atoms with Gasteiger partial charge in [0.15, 0.2) is 0 Å². The summed E-state index contributed by atoms with van der Waals surface area (Å²) in [5, 5.41) is 2.87. The van der Waals surface area contributed by atoms with E-state index in [-0.39, 0.29) is 17.3 Å². The number of para-hydroxylation sites is 1. The largest absolute Gasteiger partial charge is 0.494 e. The summed E-state index contributed by atoms with van der Waals surface area (Å²) < 4.78 is 33.7. The standard InChI is InChI=1S/C28H34N2O4S/c1-4-34-27-15-9-8-11-24(27)12-10-20-29-28(31)21-30(25-18-16-23(17-19-25)22(2)3)35(32,33)26-13-6-5-7-14-26/h5-9,11,13-19,22H,4,10,12,20-21H2,1-3H3,(H,29,31). The van der Waals surface area contributed by atoms with E-state index in [1.54, 1.807) is 42.5 Å². The van der Waals surface area contributed by atoms with Crippen LogP contribution in [0.5, 0.6) is 5.75 Å². The van der Waals surface area contributed by atoms with Crippen LogP contribution in [0.1, 0.15) is 44.2 Å². The molecule has 0 spiro atoms. The summed E-state index contributed by atoms with van der Waals surface area (Å²) in [4.78, 5) is 13.0. The number of hydrogen-bond acceptors (Lipinski definition) is 4. The Labute approximate surface area is 209 Å². The Hall–Kier alpha value is -3.32. The highest BCUT2D eigenvalue weighted by Crippen LogP contribution is 2.26. The molecule has 1 amide bonds. The number of ether oxygens (including phenoxy) is 1. The van der Waals surface area contributed by atoms with E-state index in [1.807, 2.05) is 43.3 Å². The summed E-state index contributed by atoms with van der Waals surface area (Å²) in [6.07, 6.45) is 1.46. The molecule has 0 unspecified atom stereocenters. The van der Waals surface area contributed by atoms with Crippen LogP contribution in [0.25, 0.3) is 0 Å². The maximum atomic E-state index is 13.4. The normalized spacial score (nSPS) is 11.3. The van der Waals surface area contributed by atoms with E-state index < -0.39 is 10.0 Å². The van der Waals surface area contributed by atoms with Gasteiger partial charge in [0.2, 0.25) is 5.91 Å². The second-order valence-corrected chi connectivity index (χ2v) is 10.4. The van der Waals surface area contributed by atoms with Gasteiger partial charge in [-0.1, -0.05) is 62.4 Å². The number of sulfonamides is 1. The third-order valence-electron chi connectivity index (χ3n) is 5.68. The molecule has 0 radical (unpaired) electrons. The molecule has 0 fully saturated rings. The summed E-state index contributed by atoms with van der Waals surface area (Å²) in [6, 6.07) is 23.4. The van der Waals surface area contributed by atoms with Crippen molar-refractivity contribution in [2.75, 3.05) is 24.0 Å². The molecule has 0 bridgehead atoms. The summed E-state index contributed by atoms with van der Waals surface area (Å²) >= 11 is 0. The highest BCUT2D eigenvalue weighted by Gasteiger charge is 2.27. The molecule has 35 heavy (non-hydrogen) atoms. The fraction of sp³-hybridized carbons (Fsp3) is 0.321. The average molecular weight is 495 g/mol. The average Bonchev–Trinajstić information content (AvgIpc) is 2.87. The predicted molar refractivity (Wildman–Crippen MR) is 140 cm³/mol. The zero-order valence-electron chi connectivity index (χ0n) is 20.6. The van der Waals surface area contributed by atoms with Crippen molar-refractivity contribution in [1.82, 2.24) is 5.32 Å². The summed E-state index contributed by atoms with van der Waals surface area (Å²) in [6.45, 7) is 6.83. The van der Waals surface area contributed by atoms with Crippen molar-refractivity contribution in [3.8, 4) is 5.75 Å². The lowest BCUT2D eigenvalue weighted by Crippen LogP contribution is -2.41. The minimum atomic E-state index is -3.91. The Kier molecular flexibility index (Phi) is 9.32. The van der Waals surface area contributed by atoms with Gasteiger partial charge in [0.05, 0.1) is 17.2 Å². The Balaban J connectivity index is 1.70. The molecule has 3 rings (SSSR count). The molecule has 0 aliphatic heterocycles. The van der Waals surface area contributed by atoms with E-state index in [1.165, 1.54) is 4.31 Å². The molecule has 3 aromatic carbocycles. The molecule has 3 aromatic rings. The SMILES string of the molecule is CCOc1ccccc1CCCNC(=O)CN(c1ccc(C(C)C)cc1)S(=O)(=O)c1ccccc1. The number of benzene rings is 3. The van der Waals surface area contributed by atoms with E-state index >= 15 is 0 Å². The van der Waals surface area contributed by atoms with Crippen LogP contribution in [0.15, 0.2) is 83.8 Å². The topological polar surface area (TPSA) is 75.7 Å². The van der Waals surface area contributed by atoms with Crippen molar-refractivity contribution in [3.05, 3.63) is 90.0 Å². The Morgan fingerprint density at radius 3 is 2.26 bits per heavy atom. The van der Waals surface area contributed by atoms with Gasteiger partial charge in [-0.15, -0.1) is 0 Å². The van der Waals surface area contributed by atoms with E-state index in [0.29, 0.717) is 31.2 Å². The van der Waals surface area contributed by atoms with Crippen molar-refractivity contribution in [3.63, 3.8) is 0 Å². The lowest BCUT2D eigenvalue weighted by Gasteiger charge is -2.24. The molecule has 0 atom stereocenters. The van der Waals surface area contributed by atoms with Gasteiger partial charge in [-0.2, -0.15) is 0 Å². The van der Waals surface area contributed by atoms with Gasteiger partial charge >= 0.3 is 0 Å².